The molecule has 1 saturated heterocycles. The Morgan fingerprint density at radius 2 is 2.08 bits per heavy atom. The van der Waals surface area contributed by atoms with Gasteiger partial charge < -0.3 is 14.9 Å². The molecule has 1 aromatic carbocycles. The minimum Gasteiger partial charge on any atom is -0.363 e. The fraction of sp³-hybridized carbons (Fsp3) is 0.350. The number of hydrogen-bond acceptors (Lipinski definition) is 1. The monoisotopic (exact) mass is 321 g/mol. The number of H-pyrrole nitrogens is 2. The summed E-state index contributed by atoms with van der Waals surface area (Å²) < 4.78 is 0. The molecule has 0 aliphatic carbocycles. The van der Waals surface area contributed by atoms with Gasteiger partial charge in [0.2, 0.25) is 5.91 Å². The number of likely N-dealkylation sites (tertiary alicyclic amines) is 1. The number of aromatic nitrogens is 2. The Morgan fingerprint density at radius 3 is 2.96 bits per heavy atom. The molecule has 1 amide bonds. The summed E-state index contributed by atoms with van der Waals surface area (Å²) in [6, 6.07) is 12.7. The normalized spacial score (nSPS) is 17.7. The number of rotatable bonds is 5. The molecular formula is C20H23N3O. The number of fused-ring (bicyclic) bond motifs is 1. The highest BCUT2D eigenvalue weighted by atomic mass is 16.2. The lowest BCUT2D eigenvalue weighted by Crippen LogP contribution is -2.30. The van der Waals surface area contributed by atoms with Gasteiger partial charge in [0.05, 0.1) is 6.04 Å². The van der Waals surface area contributed by atoms with Crippen molar-refractivity contribution in [2.24, 2.45) is 0 Å². The highest BCUT2D eigenvalue weighted by Gasteiger charge is 2.29. The van der Waals surface area contributed by atoms with E-state index < -0.39 is 0 Å². The third-order valence-corrected chi connectivity index (χ3v) is 5.07. The molecule has 3 aromatic rings. The summed E-state index contributed by atoms with van der Waals surface area (Å²) in [7, 11) is 0. The number of benzene rings is 1. The molecule has 4 nitrogen and oxygen atoms in total. The first kappa shape index (κ1) is 15.1. The van der Waals surface area contributed by atoms with Crippen LogP contribution in [0.5, 0.6) is 0 Å². The molecule has 1 aliphatic heterocycles. The van der Waals surface area contributed by atoms with E-state index in [1.165, 1.54) is 16.5 Å². The van der Waals surface area contributed by atoms with Crippen LogP contribution in [0.2, 0.25) is 0 Å². The molecule has 4 heteroatoms. The average Bonchev–Trinajstić information content (AvgIpc) is 3.34. The van der Waals surface area contributed by atoms with Crippen LogP contribution in [0.15, 0.2) is 48.8 Å². The van der Waals surface area contributed by atoms with E-state index in [1.807, 2.05) is 18.3 Å². The number of carbonyl (C=O) groups excluding carboxylic acids is 1. The molecule has 1 fully saturated rings. The first-order chi connectivity index (χ1) is 11.8. The highest BCUT2D eigenvalue weighted by Crippen LogP contribution is 2.31. The minimum absolute atomic E-state index is 0.237. The molecule has 24 heavy (non-hydrogen) atoms. The van der Waals surface area contributed by atoms with Crippen molar-refractivity contribution in [3.63, 3.8) is 0 Å². The van der Waals surface area contributed by atoms with Gasteiger partial charge >= 0.3 is 0 Å². The third kappa shape index (κ3) is 2.84. The summed E-state index contributed by atoms with van der Waals surface area (Å²) in [5.74, 6) is 0.284. The zero-order valence-electron chi connectivity index (χ0n) is 13.8. The van der Waals surface area contributed by atoms with Crippen molar-refractivity contribution >= 4 is 16.8 Å². The molecule has 2 N–H and O–H groups in total. The Kier molecular flexibility index (Phi) is 4.11. The van der Waals surface area contributed by atoms with Crippen LogP contribution in [0.1, 0.15) is 43.0 Å². The van der Waals surface area contributed by atoms with Crippen LogP contribution in [-0.2, 0) is 11.2 Å². The second-order valence-corrected chi connectivity index (χ2v) is 6.58. The summed E-state index contributed by atoms with van der Waals surface area (Å²) in [5.41, 5.74) is 3.64. The lowest BCUT2D eigenvalue weighted by atomic mass is 10.1. The van der Waals surface area contributed by atoms with Crippen LogP contribution in [-0.4, -0.2) is 27.3 Å². The predicted octanol–water partition coefficient (Wildman–Crippen LogP) is 4.18. The first-order valence-corrected chi connectivity index (χ1v) is 8.80. The SMILES string of the molecule is O=C(CCCc1c[nH]c2ccccc12)N1CCC[C@@H]1c1ccc[nH]1. The summed E-state index contributed by atoms with van der Waals surface area (Å²) in [5, 5.41) is 1.27. The molecule has 2 aromatic heterocycles. The van der Waals surface area contributed by atoms with Crippen molar-refractivity contribution in [3.8, 4) is 0 Å². The molecular weight excluding hydrogens is 298 g/mol. The van der Waals surface area contributed by atoms with Crippen molar-refractivity contribution in [2.45, 2.75) is 38.1 Å². The van der Waals surface area contributed by atoms with E-state index in [1.54, 1.807) is 0 Å². The molecule has 0 spiro atoms. The fourth-order valence-electron chi connectivity index (χ4n) is 3.85. The summed E-state index contributed by atoms with van der Waals surface area (Å²) in [6.45, 7) is 0.885. The van der Waals surface area contributed by atoms with Crippen molar-refractivity contribution < 1.29 is 4.79 Å². The van der Waals surface area contributed by atoms with E-state index in [2.05, 4.69) is 45.3 Å². The number of para-hydroxylation sites is 1. The second kappa shape index (κ2) is 6.56. The van der Waals surface area contributed by atoms with Crippen molar-refractivity contribution in [3.05, 3.63) is 60.0 Å². The van der Waals surface area contributed by atoms with Crippen LogP contribution in [0.25, 0.3) is 10.9 Å². The van der Waals surface area contributed by atoms with Gasteiger partial charge in [-0.15, -0.1) is 0 Å². The third-order valence-electron chi connectivity index (χ3n) is 5.07. The smallest absolute Gasteiger partial charge is 0.223 e. The molecule has 3 heterocycles. The van der Waals surface area contributed by atoms with E-state index in [0.717, 1.165) is 37.9 Å². The highest BCUT2D eigenvalue weighted by molar-refractivity contribution is 5.83. The van der Waals surface area contributed by atoms with Gasteiger partial charge in [0.25, 0.3) is 0 Å². The number of nitrogens with zero attached hydrogens (tertiary/aromatic N) is 1. The van der Waals surface area contributed by atoms with Gasteiger partial charge in [0.15, 0.2) is 0 Å². The number of aryl methyl sites for hydroxylation is 1. The summed E-state index contributed by atoms with van der Waals surface area (Å²) in [4.78, 5) is 21.3. The minimum atomic E-state index is 0.237. The van der Waals surface area contributed by atoms with Gasteiger partial charge in [-0.3, -0.25) is 4.79 Å². The number of aromatic amines is 2. The van der Waals surface area contributed by atoms with Gasteiger partial charge in [-0.2, -0.15) is 0 Å². The maximum atomic E-state index is 12.6. The molecule has 124 valence electrons. The van der Waals surface area contributed by atoms with Crippen LogP contribution < -0.4 is 0 Å². The van der Waals surface area contributed by atoms with Gasteiger partial charge in [-0.05, 0) is 49.4 Å². The topological polar surface area (TPSA) is 51.9 Å². The average molecular weight is 321 g/mol. The number of carbonyl (C=O) groups is 1. The Bertz CT molecular complexity index is 818. The Balaban J connectivity index is 1.36. The standard InChI is InChI=1S/C20H23N3O/c24-20(23-13-5-10-19(23)18-9-4-12-21-18)11-3-6-15-14-22-17-8-2-1-7-16(15)17/h1-2,4,7-9,12,14,19,21-22H,3,5-6,10-11,13H2/t19-/m1/s1. The molecule has 0 bridgehead atoms. The predicted molar refractivity (Wildman–Crippen MR) is 95.7 cm³/mol. The number of hydrogen-bond donors (Lipinski definition) is 2. The quantitative estimate of drug-likeness (QED) is 0.727. The Hall–Kier alpha value is -2.49. The summed E-state index contributed by atoms with van der Waals surface area (Å²) >= 11 is 0. The summed E-state index contributed by atoms with van der Waals surface area (Å²) in [6.07, 6.45) is 8.63. The zero-order valence-corrected chi connectivity index (χ0v) is 13.8. The number of amides is 1. The number of nitrogens with one attached hydrogen (secondary N) is 2. The second-order valence-electron chi connectivity index (χ2n) is 6.58. The van der Waals surface area contributed by atoms with Crippen molar-refractivity contribution in [1.82, 2.24) is 14.9 Å². The van der Waals surface area contributed by atoms with E-state index >= 15 is 0 Å². The lowest BCUT2D eigenvalue weighted by molar-refractivity contribution is -0.132. The first-order valence-electron chi connectivity index (χ1n) is 8.80. The van der Waals surface area contributed by atoms with Crippen LogP contribution in [0.4, 0.5) is 0 Å². The maximum Gasteiger partial charge on any atom is 0.223 e. The Morgan fingerprint density at radius 1 is 1.17 bits per heavy atom. The van der Waals surface area contributed by atoms with Crippen LogP contribution >= 0.6 is 0 Å². The van der Waals surface area contributed by atoms with E-state index in [9.17, 15) is 4.79 Å². The molecule has 0 radical (unpaired) electrons. The molecule has 1 aliphatic rings. The van der Waals surface area contributed by atoms with Gasteiger partial charge in [0, 0.05) is 42.0 Å². The van der Waals surface area contributed by atoms with Gasteiger partial charge in [0.1, 0.15) is 0 Å². The van der Waals surface area contributed by atoms with E-state index in [-0.39, 0.29) is 11.9 Å². The maximum absolute atomic E-state index is 12.6. The molecule has 4 rings (SSSR count). The molecule has 1 atom stereocenters. The largest absolute Gasteiger partial charge is 0.363 e. The van der Waals surface area contributed by atoms with Gasteiger partial charge in [-0.25, -0.2) is 0 Å². The molecule has 0 unspecified atom stereocenters. The molecule has 0 saturated carbocycles. The Labute approximate surface area is 141 Å². The van der Waals surface area contributed by atoms with Crippen LogP contribution in [0.3, 0.4) is 0 Å². The van der Waals surface area contributed by atoms with Crippen molar-refractivity contribution in [2.75, 3.05) is 6.54 Å². The zero-order chi connectivity index (χ0) is 16.4. The fourth-order valence-corrected chi connectivity index (χ4v) is 3.85. The lowest BCUT2D eigenvalue weighted by Gasteiger charge is -2.24. The van der Waals surface area contributed by atoms with E-state index in [4.69, 9.17) is 0 Å². The van der Waals surface area contributed by atoms with Crippen LogP contribution in [0, 0.1) is 0 Å². The van der Waals surface area contributed by atoms with Gasteiger partial charge in [-0.1, -0.05) is 18.2 Å². The van der Waals surface area contributed by atoms with E-state index in [0.29, 0.717) is 6.42 Å². The van der Waals surface area contributed by atoms with Crippen molar-refractivity contribution in [1.29, 1.82) is 0 Å².